The minimum atomic E-state index is -4.63. The summed E-state index contributed by atoms with van der Waals surface area (Å²) < 4.78 is 105. The van der Waals surface area contributed by atoms with Crippen molar-refractivity contribution in [3.63, 3.8) is 0 Å². The van der Waals surface area contributed by atoms with E-state index in [9.17, 15) is 34.8 Å². The highest BCUT2D eigenvalue weighted by atomic mass is 32.2. The molecule has 0 bridgehead atoms. The average Bonchev–Trinajstić information content (AvgIpc) is 3.09. The van der Waals surface area contributed by atoms with Gasteiger partial charge in [-0.15, -0.1) is 13.2 Å². The highest BCUT2D eigenvalue weighted by Gasteiger charge is 2.35. The quantitative estimate of drug-likeness (QED) is 0.269. The van der Waals surface area contributed by atoms with E-state index >= 15 is 0 Å². The molecule has 0 N–H and O–H groups in total. The lowest BCUT2D eigenvalue weighted by atomic mass is 9.95. The van der Waals surface area contributed by atoms with Crippen molar-refractivity contribution in [1.82, 2.24) is 19.0 Å². The van der Waals surface area contributed by atoms with Crippen LogP contribution in [0.4, 0.5) is 26.3 Å². The third-order valence-electron chi connectivity index (χ3n) is 10.9. The molecule has 6 rings (SSSR count). The molecule has 0 spiro atoms. The van der Waals surface area contributed by atoms with Gasteiger partial charge in [0, 0.05) is 38.3 Å². The summed E-state index contributed by atoms with van der Waals surface area (Å²) in [5.74, 6) is 1.38. The SMILES string of the molecule is CC1CCCN(C2CCN(S(=O)(=O)c3ccc(C(F)(F)F)cc3)CC2)C1.CC1CCN(C2CCN(Cc3ccc(OC(F)(F)F)cc3)CC2)CC1. The van der Waals surface area contributed by atoms with Gasteiger partial charge in [-0.25, -0.2) is 8.42 Å². The third kappa shape index (κ3) is 11.5. The van der Waals surface area contributed by atoms with Crippen molar-refractivity contribution in [2.45, 2.75) is 101 Å². The Morgan fingerprint density at radius 1 is 0.667 bits per heavy atom. The van der Waals surface area contributed by atoms with Crippen molar-refractivity contribution in [3.05, 3.63) is 59.7 Å². The number of alkyl halides is 6. The van der Waals surface area contributed by atoms with E-state index in [0.29, 0.717) is 31.1 Å². The predicted octanol–water partition coefficient (Wildman–Crippen LogP) is 7.87. The fraction of sp³-hybridized carbons (Fsp3) is 0.676. The first kappa shape index (κ1) is 39.8. The highest BCUT2D eigenvalue weighted by molar-refractivity contribution is 7.89. The number of hydrogen-bond acceptors (Lipinski definition) is 6. The second-order valence-electron chi connectivity index (χ2n) is 14.8. The fourth-order valence-corrected chi connectivity index (χ4v) is 9.33. The molecular formula is C37H52F6N4O3S. The molecule has 4 saturated heterocycles. The maximum atomic E-state index is 12.7. The number of likely N-dealkylation sites (tertiary alicyclic amines) is 3. The number of piperidine rings is 4. The fourth-order valence-electron chi connectivity index (χ4n) is 7.86. The lowest BCUT2D eigenvalue weighted by Gasteiger charge is -2.41. The molecule has 4 fully saturated rings. The molecule has 7 nitrogen and oxygen atoms in total. The molecule has 2 aromatic rings. The molecular weight excluding hydrogens is 694 g/mol. The van der Waals surface area contributed by atoms with Gasteiger partial charge in [0.05, 0.1) is 10.5 Å². The Hall–Kier alpha value is -2.39. The van der Waals surface area contributed by atoms with Gasteiger partial charge in [-0.05, 0) is 138 Å². The van der Waals surface area contributed by atoms with E-state index in [1.807, 2.05) is 0 Å². The van der Waals surface area contributed by atoms with E-state index in [2.05, 4.69) is 33.3 Å². The first-order valence-electron chi connectivity index (χ1n) is 18.3. The van der Waals surface area contributed by atoms with E-state index in [1.54, 1.807) is 12.1 Å². The molecule has 14 heteroatoms. The van der Waals surface area contributed by atoms with Crippen molar-refractivity contribution in [2.24, 2.45) is 11.8 Å². The zero-order valence-corrected chi connectivity index (χ0v) is 30.5. The van der Waals surface area contributed by atoms with Crippen molar-refractivity contribution >= 4 is 10.0 Å². The number of rotatable bonds is 7. The molecule has 51 heavy (non-hydrogen) atoms. The van der Waals surface area contributed by atoms with Crippen LogP contribution in [0.25, 0.3) is 0 Å². The summed E-state index contributed by atoms with van der Waals surface area (Å²) in [6.07, 6.45) is -0.129. The average molecular weight is 747 g/mol. The monoisotopic (exact) mass is 746 g/mol. The summed E-state index contributed by atoms with van der Waals surface area (Å²) in [6.45, 7) is 12.9. The lowest BCUT2D eigenvalue weighted by Crippen LogP contribution is -2.49. The van der Waals surface area contributed by atoms with E-state index in [4.69, 9.17) is 0 Å². The zero-order chi connectivity index (χ0) is 36.8. The molecule has 0 aliphatic carbocycles. The number of benzene rings is 2. The van der Waals surface area contributed by atoms with E-state index in [1.165, 1.54) is 68.1 Å². The van der Waals surface area contributed by atoms with Crippen LogP contribution in [0.5, 0.6) is 5.75 Å². The molecule has 4 aliphatic heterocycles. The van der Waals surface area contributed by atoms with E-state index < -0.39 is 28.1 Å². The van der Waals surface area contributed by atoms with Crippen molar-refractivity contribution < 1.29 is 39.5 Å². The maximum absolute atomic E-state index is 12.7. The smallest absolute Gasteiger partial charge is 0.406 e. The highest BCUT2D eigenvalue weighted by Crippen LogP contribution is 2.32. The van der Waals surface area contributed by atoms with Gasteiger partial charge in [-0.2, -0.15) is 17.5 Å². The Kier molecular flexibility index (Phi) is 13.4. The summed E-state index contributed by atoms with van der Waals surface area (Å²) in [4.78, 5) is 7.44. The summed E-state index contributed by atoms with van der Waals surface area (Å²) in [5.41, 5.74) is 0.189. The second-order valence-corrected chi connectivity index (χ2v) is 16.8. The largest absolute Gasteiger partial charge is 0.573 e. The lowest BCUT2D eigenvalue weighted by molar-refractivity contribution is -0.274. The maximum Gasteiger partial charge on any atom is 0.573 e. The van der Waals surface area contributed by atoms with Gasteiger partial charge in [-0.1, -0.05) is 26.0 Å². The predicted molar refractivity (Wildman–Crippen MR) is 185 cm³/mol. The Bertz CT molecular complexity index is 1470. The minimum absolute atomic E-state index is 0.0736. The molecule has 1 atom stereocenters. The van der Waals surface area contributed by atoms with Gasteiger partial charge >= 0.3 is 12.5 Å². The van der Waals surface area contributed by atoms with Crippen LogP contribution in [0, 0.1) is 11.8 Å². The summed E-state index contributed by atoms with van der Waals surface area (Å²) in [5, 5.41) is 0. The van der Waals surface area contributed by atoms with Gasteiger partial charge < -0.3 is 14.5 Å². The Balaban J connectivity index is 0.000000198. The zero-order valence-electron chi connectivity index (χ0n) is 29.6. The number of hydrogen-bond donors (Lipinski definition) is 0. The first-order chi connectivity index (χ1) is 24.1. The Morgan fingerprint density at radius 3 is 1.78 bits per heavy atom. The van der Waals surface area contributed by atoms with Crippen LogP contribution < -0.4 is 4.74 Å². The standard InChI is InChI=1S/C19H27F3N2O.C18H25F3N2O2S/c1-15-6-12-24(13-7-15)17-8-10-23(11-9-17)14-16-2-4-18(5-3-16)25-19(20,21)22;1-14-3-2-10-22(13-14)16-8-11-23(12-9-16)26(24,25)17-6-4-15(5-7-17)18(19,20)21/h2-5,15,17H,6-14H2,1H3;4-7,14,16H,2-3,8-13H2,1H3. The third-order valence-corrected chi connectivity index (χ3v) is 12.8. The van der Waals surface area contributed by atoms with Gasteiger partial charge in [0.1, 0.15) is 5.75 Å². The molecule has 2 aromatic carbocycles. The number of ether oxygens (including phenoxy) is 1. The molecule has 286 valence electrons. The van der Waals surface area contributed by atoms with Crippen molar-refractivity contribution in [3.8, 4) is 5.75 Å². The van der Waals surface area contributed by atoms with Crippen molar-refractivity contribution in [2.75, 3.05) is 52.4 Å². The van der Waals surface area contributed by atoms with Gasteiger partial charge in [-0.3, -0.25) is 4.90 Å². The van der Waals surface area contributed by atoms with Crippen LogP contribution in [0.15, 0.2) is 53.4 Å². The molecule has 0 radical (unpaired) electrons. The second kappa shape index (κ2) is 17.2. The topological polar surface area (TPSA) is 56.3 Å². The number of nitrogens with zero attached hydrogens (tertiary/aromatic N) is 4. The van der Waals surface area contributed by atoms with E-state index in [0.717, 1.165) is 81.3 Å². The number of sulfonamides is 1. The van der Waals surface area contributed by atoms with Gasteiger partial charge in [0.15, 0.2) is 0 Å². The summed E-state index contributed by atoms with van der Waals surface area (Å²) >= 11 is 0. The minimum Gasteiger partial charge on any atom is -0.406 e. The summed E-state index contributed by atoms with van der Waals surface area (Å²) in [6, 6.07) is 11.1. The van der Waals surface area contributed by atoms with Crippen LogP contribution in [0.1, 0.15) is 76.3 Å². The van der Waals surface area contributed by atoms with Gasteiger partial charge in [0.2, 0.25) is 10.0 Å². The molecule has 0 aromatic heterocycles. The molecule has 1 unspecified atom stereocenters. The first-order valence-corrected chi connectivity index (χ1v) is 19.7. The number of halogens is 6. The Morgan fingerprint density at radius 2 is 1.24 bits per heavy atom. The summed E-state index contributed by atoms with van der Waals surface area (Å²) in [7, 11) is -3.74. The van der Waals surface area contributed by atoms with Crippen molar-refractivity contribution in [1.29, 1.82) is 0 Å². The molecule has 0 amide bonds. The van der Waals surface area contributed by atoms with Crippen LogP contribution >= 0.6 is 0 Å². The van der Waals surface area contributed by atoms with Crippen LogP contribution in [-0.2, 0) is 22.7 Å². The van der Waals surface area contributed by atoms with Crippen LogP contribution in [0.3, 0.4) is 0 Å². The normalized spacial score (nSPS) is 23.5. The Labute approximate surface area is 299 Å². The van der Waals surface area contributed by atoms with E-state index in [-0.39, 0.29) is 10.6 Å². The molecule has 0 saturated carbocycles. The van der Waals surface area contributed by atoms with Crippen LogP contribution in [0.2, 0.25) is 0 Å². The van der Waals surface area contributed by atoms with Crippen LogP contribution in [-0.4, -0.2) is 98.2 Å². The van der Waals surface area contributed by atoms with Gasteiger partial charge in [0.25, 0.3) is 0 Å². The molecule has 4 aliphatic rings. The molecule has 4 heterocycles.